The summed E-state index contributed by atoms with van der Waals surface area (Å²) in [4.78, 5) is 8.62. The van der Waals surface area contributed by atoms with Crippen molar-refractivity contribution in [1.29, 1.82) is 0 Å². The highest BCUT2D eigenvalue weighted by molar-refractivity contribution is 9.10. The van der Waals surface area contributed by atoms with Crippen LogP contribution in [0.2, 0.25) is 0 Å². The van der Waals surface area contributed by atoms with Gasteiger partial charge in [-0.3, -0.25) is 0 Å². The first-order valence-electron chi connectivity index (χ1n) is 6.73. The van der Waals surface area contributed by atoms with E-state index >= 15 is 0 Å². The van der Waals surface area contributed by atoms with E-state index in [1.54, 1.807) is 6.33 Å². The average Bonchev–Trinajstić information content (AvgIpc) is 2.49. The third kappa shape index (κ3) is 3.16. The molecule has 4 nitrogen and oxygen atoms in total. The highest BCUT2D eigenvalue weighted by Crippen LogP contribution is 2.23. The lowest BCUT2D eigenvalue weighted by Crippen LogP contribution is -2.09. The van der Waals surface area contributed by atoms with Gasteiger partial charge < -0.3 is 10.1 Å². The molecule has 20 heavy (non-hydrogen) atoms. The lowest BCUT2D eigenvalue weighted by atomic mass is 10.1. The van der Waals surface area contributed by atoms with Gasteiger partial charge >= 0.3 is 0 Å². The van der Waals surface area contributed by atoms with Gasteiger partial charge in [0.25, 0.3) is 0 Å². The van der Waals surface area contributed by atoms with Crippen LogP contribution in [-0.2, 0) is 4.74 Å². The van der Waals surface area contributed by atoms with Crippen molar-refractivity contribution >= 4 is 32.7 Å². The molecule has 1 aromatic heterocycles. The zero-order valence-electron chi connectivity index (χ0n) is 11.1. The van der Waals surface area contributed by atoms with Crippen LogP contribution in [0.3, 0.4) is 0 Å². The summed E-state index contributed by atoms with van der Waals surface area (Å²) in [6.45, 7) is 2.47. The summed E-state index contributed by atoms with van der Waals surface area (Å²) in [6, 6.07) is 6.03. The van der Waals surface area contributed by atoms with E-state index in [0.717, 1.165) is 53.8 Å². The Labute approximate surface area is 126 Å². The third-order valence-electron chi connectivity index (χ3n) is 3.39. The molecule has 0 saturated heterocycles. The van der Waals surface area contributed by atoms with E-state index in [-0.39, 0.29) is 0 Å². The van der Waals surface area contributed by atoms with Gasteiger partial charge in [-0.2, -0.15) is 0 Å². The summed E-state index contributed by atoms with van der Waals surface area (Å²) >= 11 is 3.49. The fraction of sp³-hybridized carbons (Fsp3) is 0.333. The van der Waals surface area contributed by atoms with E-state index < -0.39 is 0 Å². The molecule has 0 amide bonds. The summed E-state index contributed by atoms with van der Waals surface area (Å²) in [5, 5.41) is 4.45. The van der Waals surface area contributed by atoms with Gasteiger partial charge in [0.15, 0.2) is 0 Å². The van der Waals surface area contributed by atoms with E-state index in [1.165, 1.54) is 5.57 Å². The van der Waals surface area contributed by atoms with Crippen molar-refractivity contribution in [2.24, 2.45) is 0 Å². The first kappa shape index (κ1) is 13.5. The Morgan fingerprint density at radius 3 is 3.10 bits per heavy atom. The maximum atomic E-state index is 5.31. The van der Waals surface area contributed by atoms with Crippen LogP contribution in [0, 0.1) is 0 Å². The van der Waals surface area contributed by atoms with Crippen molar-refractivity contribution in [2.45, 2.75) is 12.8 Å². The van der Waals surface area contributed by atoms with Crippen LogP contribution in [0.5, 0.6) is 0 Å². The van der Waals surface area contributed by atoms with Gasteiger partial charge in [0.05, 0.1) is 18.7 Å². The molecule has 2 aromatic rings. The molecule has 0 radical (unpaired) electrons. The maximum absolute atomic E-state index is 5.31. The van der Waals surface area contributed by atoms with Crippen LogP contribution in [0.25, 0.3) is 10.9 Å². The van der Waals surface area contributed by atoms with Gasteiger partial charge in [0, 0.05) is 16.4 Å². The molecule has 0 aliphatic carbocycles. The molecule has 1 N–H and O–H groups in total. The lowest BCUT2D eigenvalue weighted by molar-refractivity contribution is 0.153. The van der Waals surface area contributed by atoms with Crippen LogP contribution in [0.4, 0.5) is 5.82 Å². The number of nitrogens with zero attached hydrogens (tertiary/aromatic N) is 2. The zero-order chi connectivity index (χ0) is 13.8. The van der Waals surface area contributed by atoms with Gasteiger partial charge in [-0.25, -0.2) is 9.97 Å². The Bertz CT molecular complexity index is 642. The number of aromatic nitrogens is 2. The molecular formula is C15H16BrN3O. The van der Waals surface area contributed by atoms with Gasteiger partial charge in [-0.05, 0) is 31.0 Å². The number of benzene rings is 1. The van der Waals surface area contributed by atoms with Crippen LogP contribution in [0.1, 0.15) is 12.8 Å². The van der Waals surface area contributed by atoms with Gasteiger partial charge in [-0.1, -0.05) is 27.6 Å². The number of ether oxygens (including phenoxy) is 1. The number of hydrogen-bond donors (Lipinski definition) is 1. The molecule has 104 valence electrons. The molecular weight excluding hydrogens is 318 g/mol. The monoisotopic (exact) mass is 333 g/mol. The molecule has 5 heteroatoms. The minimum atomic E-state index is 0.749. The van der Waals surface area contributed by atoms with Crippen molar-refractivity contribution in [3.8, 4) is 0 Å². The molecule has 0 saturated carbocycles. The molecule has 0 unspecified atom stereocenters. The maximum Gasteiger partial charge on any atom is 0.137 e. The average molecular weight is 334 g/mol. The summed E-state index contributed by atoms with van der Waals surface area (Å²) < 4.78 is 6.35. The fourth-order valence-corrected chi connectivity index (χ4v) is 2.66. The topological polar surface area (TPSA) is 47.0 Å². The Morgan fingerprint density at radius 1 is 1.30 bits per heavy atom. The highest BCUT2D eigenvalue weighted by atomic mass is 79.9. The number of halogens is 1. The second kappa shape index (κ2) is 6.33. The van der Waals surface area contributed by atoms with E-state index in [4.69, 9.17) is 4.74 Å². The normalized spacial score (nSPS) is 15.2. The summed E-state index contributed by atoms with van der Waals surface area (Å²) in [6.07, 6.45) is 5.85. The highest BCUT2D eigenvalue weighted by Gasteiger charge is 2.06. The largest absolute Gasteiger partial charge is 0.377 e. The van der Waals surface area contributed by atoms with Gasteiger partial charge in [-0.15, -0.1) is 0 Å². The lowest BCUT2D eigenvalue weighted by Gasteiger charge is -2.14. The summed E-state index contributed by atoms with van der Waals surface area (Å²) in [5.74, 6) is 0.893. The Kier molecular flexibility index (Phi) is 4.28. The first-order chi connectivity index (χ1) is 9.83. The second-order valence-corrected chi connectivity index (χ2v) is 5.66. The predicted molar refractivity (Wildman–Crippen MR) is 83.9 cm³/mol. The number of anilines is 1. The molecule has 0 fully saturated rings. The number of fused-ring (bicyclic) bond motifs is 1. The fourth-order valence-electron chi connectivity index (χ4n) is 2.30. The van der Waals surface area contributed by atoms with E-state index in [0.29, 0.717) is 0 Å². The molecule has 1 aliphatic rings. The van der Waals surface area contributed by atoms with E-state index in [1.807, 2.05) is 18.2 Å². The van der Waals surface area contributed by atoms with Crippen molar-refractivity contribution < 1.29 is 4.74 Å². The predicted octanol–water partition coefficient (Wildman–Crippen LogP) is 3.54. The minimum absolute atomic E-state index is 0.749. The van der Waals surface area contributed by atoms with Crippen molar-refractivity contribution in [3.05, 3.63) is 40.6 Å². The van der Waals surface area contributed by atoms with E-state index in [9.17, 15) is 0 Å². The quantitative estimate of drug-likeness (QED) is 0.869. The van der Waals surface area contributed by atoms with Gasteiger partial charge in [0.2, 0.25) is 0 Å². The van der Waals surface area contributed by atoms with Crippen LogP contribution < -0.4 is 5.32 Å². The van der Waals surface area contributed by atoms with Crippen molar-refractivity contribution in [1.82, 2.24) is 9.97 Å². The van der Waals surface area contributed by atoms with Crippen LogP contribution >= 0.6 is 15.9 Å². The number of nitrogens with one attached hydrogen (secondary N) is 1. The van der Waals surface area contributed by atoms with Crippen LogP contribution in [-0.4, -0.2) is 29.7 Å². The SMILES string of the molecule is Brc1ccc2ncnc(NCCC3=CCOCC3)c2c1. The summed E-state index contributed by atoms with van der Waals surface area (Å²) in [7, 11) is 0. The van der Waals surface area contributed by atoms with Crippen LogP contribution in [0.15, 0.2) is 40.6 Å². The number of hydrogen-bond acceptors (Lipinski definition) is 4. The summed E-state index contributed by atoms with van der Waals surface area (Å²) in [5.41, 5.74) is 2.42. The Hall–Kier alpha value is -1.46. The molecule has 1 aromatic carbocycles. The smallest absolute Gasteiger partial charge is 0.137 e. The Balaban J connectivity index is 1.71. The Morgan fingerprint density at radius 2 is 2.25 bits per heavy atom. The number of rotatable bonds is 4. The molecule has 3 rings (SSSR count). The second-order valence-electron chi connectivity index (χ2n) is 4.75. The van der Waals surface area contributed by atoms with Gasteiger partial charge in [0.1, 0.15) is 12.1 Å². The molecule has 0 bridgehead atoms. The van der Waals surface area contributed by atoms with E-state index in [2.05, 4.69) is 37.3 Å². The van der Waals surface area contributed by atoms with Crippen molar-refractivity contribution in [2.75, 3.05) is 25.1 Å². The standard InChI is InChI=1S/C15H16BrN3O/c16-12-1-2-14-13(9-12)15(19-10-18-14)17-6-3-11-4-7-20-8-5-11/h1-2,4,9-10H,3,5-8H2,(H,17,18,19). The zero-order valence-corrected chi connectivity index (χ0v) is 12.7. The molecule has 0 spiro atoms. The first-order valence-corrected chi connectivity index (χ1v) is 7.52. The molecule has 2 heterocycles. The molecule has 0 atom stereocenters. The third-order valence-corrected chi connectivity index (χ3v) is 3.89. The van der Waals surface area contributed by atoms with Crippen molar-refractivity contribution in [3.63, 3.8) is 0 Å². The minimum Gasteiger partial charge on any atom is -0.377 e. The molecule has 1 aliphatic heterocycles.